The lowest BCUT2D eigenvalue weighted by molar-refractivity contribution is -0.899. The third-order valence-corrected chi connectivity index (χ3v) is 5.36. The molecule has 1 aliphatic rings. The van der Waals surface area contributed by atoms with Gasteiger partial charge in [-0.05, 0) is 38.1 Å². The van der Waals surface area contributed by atoms with Gasteiger partial charge in [0.2, 0.25) is 5.78 Å². The Morgan fingerprint density at radius 1 is 0.967 bits per heavy atom. The Bertz CT molecular complexity index is 938. The number of quaternary nitrogens is 1. The number of hydrogen-bond donors (Lipinski definition) is 1. The van der Waals surface area contributed by atoms with Crippen LogP contribution in [0, 0.1) is 13.8 Å². The Morgan fingerprint density at radius 2 is 1.53 bits per heavy atom. The number of ether oxygens (including phenoxy) is 3. The van der Waals surface area contributed by atoms with Crippen molar-refractivity contribution in [3.63, 3.8) is 0 Å². The van der Waals surface area contributed by atoms with Crippen molar-refractivity contribution in [2.75, 3.05) is 47.1 Å². The first kappa shape index (κ1) is 21.7. The van der Waals surface area contributed by atoms with Gasteiger partial charge in [0.25, 0.3) is 0 Å². The van der Waals surface area contributed by atoms with Crippen molar-refractivity contribution in [2.24, 2.45) is 0 Å². The minimum absolute atomic E-state index is 0.0589. The molecule has 8 heteroatoms. The summed E-state index contributed by atoms with van der Waals surface area (Å²) in [5, 5.41) is 0. The molecule has 1 aromatic heterocycles. The van der Waals surface area contributed by atoms with Gasteiger partial charge in [-0.25, -0.2) is 9.59 Å². The molecule has 1 N–H and O–H groups in total. The van der Waals surface area contributed by atoms with Crippen LogP contribution in [0.15, 0.2) is 24.3 Å². The number of nitrogens with zero attached hydrogens (tertiary/aromatic N) is 1. The average Bonchev–Trinajstić information content (AvgIpc) is 3.06. The molecule has 0 amide bonds. The molecule has 2 heterocycles. The molecule has 3 rings (SSSR count). The lowest BCUT2D eigenvalue weighted by Crippen LogP contribution is -3.14. The first-order valence-electron chi connectivity index (χ1n) is 9.81. The Hall–Kier alpha value is -2.97. The van der Waals surface area contributed by atoms with Gasteiger partial charge >= 0.3 is 11.9 Å². The van der Waals surface area contributed by atoms with Gasteiger partial charge in [0.15, 0.2) is 0 Å². The first-order chi connectivity index (χ1) is 14.3. The number of aromatic nitrogens is 1. The largest absolute Gasteiger partial charge is 0.465 e. The van der Waals surface area contributed by atoms with Crippen LogP contribution in [0.2, 0.25) is 0 Å². The number of benzene rings is 1. The van der Waals surface area contributed by atoms with E-state index in [0.29, 0.717) is 31.0 Å². The molecule has 8 nitrogen and oxygen atoms in total. The lowest BCUT2D eigenvalue weighted by Gasteiger charge is -2.23. The number of aryl methyl sites for hydroxylation is 1. The second kappa shape index (κ2) is 9.23. The van der Waals surface area contributed by atoms with Crippen LogP contribution in [-0.2, 0) is 14.2 Å². The van der Waals surface area contributed by atoms with Gasteiger partial charge in [-0.1, -0.05) is 0 Å². The van der Waals surface area contributed by atoms with Gasteiger partial charge in [0.05, 0.1) is 38.6 Å². The molecule has 1 aliphatic heterocycles. The molecule has 1 fully saturated rings. The van der Waals surface area contributed by atoms with E-state index < -0.39 is 11.9 Å². The smallest absolute Gasteiger partial charge is 0.337 e. The first-order valence-corrected chi connectivity index (χ1v) is 9.81. The lowest BCUT2D eigenvalue weighted by atomic mass is 10.1. The average molecular weight is 415 g/mol. The third kappa shape index (κ3) is 4.44. The summed E-state index contributed by atoms with van der Waals surface area (Å²) in [7, 11) is 2.56. The van der Waals surface area contributed by atoms with Crippen LogP contribution in [0.25, 0.3) is 5.69 Å². The SMILES string of the molecule is COC(=O)c1cc(C(=O)OC)cc(-n2c(C)cc(C(=O)C[NH+]3CCOCC3)c2C)c1. The highest BCUT2D eigenvalue weighted by atomic mass is 16.5. The molecule has 0 aliphatic carbocycles. The second-order valence-corrected chi connectivity index (χ2v) is 7.33. The number of morpholine rings is 1. The number of ketones is 1. The molecule has 0 saturated carbocycles. The fourth-order valence-electron chi connectivity index (χ4n) is 3.81. The molecule has 0 unspecified atom stereocenters. The predicted molar refractivity (Wildman–Crippen MR) is 109 cm³/mol. The Balaban J connectivity index is 2.00. The number of Topliss-reactive ketones (excluding diaryl/α,β-unsaturated/α-hetero) is 1. The Morgan fingerprint density at radius 3 is 2.07 bits per heavy atom. The van der Waals surface area contributed by atoms with Crippen molar-refractivity contribution >= 4 is 17.7 Å². The third-order valence-electron chi connectivity index (χ3n) is 5.36. The van der Waals surface area contributed by atoms with E-state index in [-0.39, 0.29) is 16.9 Å². The van der Waals surface area contributed by atoms with Crippen LogP contribution < -0.4 is 4.90 Å². The van der Waals surface area contributed by atoms with Crippen LogP contribution in [-0.4, -0.2) is 69.4 Å². The van der Waals surface area contributed by atoms with Crippen molar-refractivity contribution in [3.8, 4) is 5.69 Å². The standard InChI is InChI=1S/C22H26N2O6/c1-14-9-19(20(25)13-23-5-7-30-8-6-23)15(2)24(14)18-11-16(21(26)28-3)10-17(12-18)22(27)29-4/h9-12H,5-8,13H2,1-4H3/p+1. The zero-order valence-electron chi connectivity index (χ0n) is 17.7. The van der Waals surface area contributed by atoms with Crippen molar-refractivity contribution in [2.45, 2.75) is 13.8 Å². The summed E-state index contributed by atoms with van der Waals surface area (Å²) in [6, 6.07) is 6.56. The van der Waals surface area contributed by atoms with E-state index in [1.54, 1.807) is 12.1 Å². The van der Waals surface area contributed by atoms with E-state index >= 15 is 0 Å². The second-order valence-electron chi connectivity index (χ2n) is 7.33. The number of rotatable bonds is 6. The number of carbonyl (C=O) groups is 3. The van der Waals surface area contributed by atoms with Crippen LogP contribution in [0.3, 0.4) is 0 Å². The van der Waals surface area contributed by atoms with E-state index in [1.807, 2.05) is 24.5 Å². The molecule has 30 heavy (non-hydrogen) atoms. The van der Waals surface area contributed by atoms with Gasteiger partial charge in [-0.3, -0.25) is 4.79 Å². The topological polar surface area (TPSA) is 88.3 Å². The quantitative estimate of drug-likeness (QED) is 0.554. The molecule has 160 valence electrons. The van der Waals surface area contributed by atoms with Crippen molar-refractivity contribution in [1.29, 1.82) is 0 Å². The maximum Gasteiger partial charge on any atom is 0.337 e. The van der Waals surface area contributed by atoms with Crippen LogP contribution >= 0.6 is 0 Å². The number of methoxy groups -OCH3 is 2. The van der Waals surface area contributed by atoms with Crippen molar-refractivity contribution in [3.05, 3.63) is 52.3 Å². The summed E-state index contributed by atoms with van der Waals surface area (Å²) in [6.45, 7) is 7.10. The number of nitrogens with one attached hydrogen (secondary N) is 1. The Kier molecular flexibility index (Phi) is 6.69. The molecule has 1 aromatic carbocycles. The van der Waals surface area contributed by atoms with E-state index in [4.69, 9.17) is 14.2 Å². The molecular weight excluding hydrogens is 388 g/mol. The van der Waals surface area contributed by atoms with E-state index in [2.05, 4.69) is 0 Å². The zero-order chi connectivity index (χ0) is 21.8. The Labute approximate surface area is 175 Å². The van der Waals surface area contributed by atoms with Gasteiger partial charge in [0, 0.05) is 22.6 Å². The van der Waals surface area contributed by atoms with Crippen molar-refractivity contribution in [1.82, 2.24) is 4.57 Å². The number of carbonyl (C=O) groups excluding carboxylic acids is 3. The molecule has 2 aromatic rings. The van der Waals surface area contributed by atoms with E-state index in [9.17, 15) is 14.4 Å². The highest BCUT2D eigenvalue weighted by Gasteiger charge is 2.24. The minimum atomic E-state index is -0.559. The maximum atomic E-state index is 13.0. The molecule has 0 radical (unpaired) electrons. The van der Waals surface area contributed by atoms with Crippen molar-refractivity contribution < 1.29 is 33.5 Å². The summed E-state index contributed by atoms with van der Waals surface area (Å²) in [5.41, 5.74) is 3.26. The van der Waals surface area contributed by atoms with E-state index in [1.165, 1.54) is 25.2 Å². The summed E-state index contributed by atoms with van der Waals surface area (Å²) in [4.78, 5) is 38.4. The van der Waals surface area contributed by atoms with Crippen LogP contribution in [0.1, 0.15) is 42.5 Å². The predicted octanol–water partition coefficient (Wildman–Crippen LogP) is 0.765. The van der Waals surface area contributed by atoms with Gasteiger partial charge < -0.3 is 23.7 Å². The highest BCUT2D eigenvalue weighted by molar-refractivity contribution is 5.99. The monoisotopic (exact) mass is 415 g/mol. The summed E-state index contributed by atoms with van der Waals surface area (Å²) in [6.07, 6.45) is 0. The summed E-state index contributed by atoms with van der Waals surface area (Å²) in [5.74, 6) is -1.06. The normalized spacial score (nSPS) is 14.4. The minimum Gasteiger partial charge on any atom is -0.465 e. The fraction of sp³-hybridized carbons (Fsp3) is 0.409. The molecular formula is C22H27N2O6+. The van der Waals surface area contributed by atoms with Gasteiger partial charge in [0.1, 0.15) is 19.6 Å². The van der Waals surface area contributed by atoms with Gasteiger partial charge in [-0.15, -0.1) is 0 Å². The van der Waals surface area contributed by atoms with Crippen LogP contribution in [0.4, 0.5) is 0 Å². The molecule has 0 atom stereocenters. The summed E-state index contributed by atoms with van der Waals surface area (Å²) < 4.78 is 16.9. The van der Waals surface area contributed by atoms with Crippen LogP contribution in [0.5, 0.6) is 0 Å². The fourth-order valence-corrected chi connectivity index (χ4v) is 3.81. The number of hydrogen-bond acceptors (Lipinski definition) is 6. The summed E-state index contributed by atoms with van der Waals surface area (Å²) >= 11 is 0. The molecule has 0 spiro atoms. The van der Waals surface area contributed by atoms with Gasteiger partial charge in [-0.2, -0.15) is 0 Å². The zero-order valence-corrected chi connectivity index (χ0v) is 17.7. The maximum absolute atomic E-state index is 13.0. The highest BCUT2D eigenvalue weighted by Crippen LogP contribution is 2.24. The molecule has 1 saturated heterocycles. The molecule has 0 bridgehead atoms. The number of esters is 2. The van der Waals surface area contributed by atoms with E-state index in [0.717, 1.165) is 24.5 Å².